The third-order valence-electron chi connectivity index (χ3n) is 5.63. The van der Waals surface area contributed by atoms with Crippen LogP contribution in [0.25, 0.3) is 10.9 Å². The van der Waals surface area contributed by atoms with E-state index < -0.39 is 17.2 Å². The Kier molecular flexibility index (Phi) is 4.92. The first-order valence-corrected chi connectivity index (χ1v) is 9.78. The number of nitrogens with one attached hydrogen (secondary N) is 2. The molecule has 1 aliphatic heterocycles. The molecule has 1 saturated carbocycles. The predicted octanol–water partition coefficient (Wildman–Crippen LogP) is 1.60. The van der Waals surface area contributed by atoms with Crippen LogP contribution in [0.2, 0.25) is 0 Å². The number of carboxylic acids is 1. The summed E-state index contributed by atoms with van der Waals surface area (Å²) in [7, 11) is 0. The molecule has 1 aromatic carbocycles. The lowest BCUT2D eigenvalue weighted by atomic mass is 10.1. The summed E-state index contributed by atoms with van der Waals surface area (Å²) in [6.07, 6.45) is 3.23. The first kappa shape index (κ1) is 19.9. The zero-order valence-corrected chi connectivity index (χ0v) is 16.3. The summed E-state index contributed by atoms with van der Waals surface area (Å²) in [6.45, 7) is 1.95. The molecule has 2 heterocycles. The Bertz CT molecular complexity index is 1120. The number of fused-ring (bicyclic) bond motifs is 1. The lowest BCUT2D eigenvalue weighted by Crippen LogP contribution is -2.49. The Morgan fingerprint density at radius 1 is 1.20 bits per heavy atom. The zero-order valence-electron chi connectivity index (χ0n) is 16.3. The molecule has 0 radical (unpaired) electrons. The van der Waals surface area contributed by atoms with E-state index in [1.807, 2.05) is 9.80 Å². The second kappa shape index (κ2) is 7.43. The monoisotopic (exact) mass is 414 g/mol. The third kappa shape index (κ3) is 3.60. The summed E-state index contributed by atoms with van der Waals surface area (Å²) in [5.41, 5.74) is 5.24. The highest BCUT2D eigenvalue weighted by Gasteiger charge is 2.28. The fourth-order valence-electron chi connectivity index (χ4n) is 3.92. The van der Waals surface area contributed by atoms with E-state index >= 15 is 0 Å². The van der Waals surface area contributed by atoms with Crippen LogP contribution in [0, 0.1) is 16.6 Å². The molecule has 4 rings (SSSR count). The van der Waals surface area contributed by atoms with Crippen LogP contribution in [0.15, 0.2) is 23.1 Å². The van der Waals surface area contributed by atoms with Gasteiger partial charge < -0.3 is 25.2 Å². The number of nitrogens with zero attached hydrogens (tertiary/aromatic N) is 3. The van der Waals surface area contributed by atoms with Crippen LogP contribution in [-0.2, 0) is 0 Å². The van der Waals surface area contributed by atoms with E-state index in [0.29, 0.717) is 37.4 Å². The molecule has 5 N–H and O–H groups in total. The Balaban J connectivity index is 1.67. The normalized spacial score (nSPS) is 16.7. The molecule has 0 amide bonds. The van der Waals surface area contributed by atoms with Crippen molar-refractivity contribution >= 4 is 34.2 Å². The first-order chi connectivity index (χ1) is 14.3. The van der Waals surface area contributed by atoms with E-state index in [2.05, 4.69) is 0 Å². The Morgan fingerprint density at radius 2 is 1.87 bits per heavy atom. The molecule has 1 aliphatic carbocycles. The number of carboxylic acid groups (broad SMARTS) is 1. The standard InChI is InChI=1S/C20H23FN6O3/c21-14-7-12-15(27(11-1-2-11)10-13(19(12)28)20(29)30)8-16(14)25-3-5-26(6-4-25)18(24)9-17(22)23/h7-8,10-11,24H,1-6,9H2,(H3,22,23)(H,29,30). The molecule has 2 fully saturated rings. The molecule has 0 bridgehead atoms. The topological polar surface area (TPSA) is 139 Å². The fourth-order valence-corrected chi connectivity index (χ4v) is 3.92. The van der Waals surface area contributed by atoms with Crippen molar-refractivity contribution in [2.45, 2.75) is 25.3 Å². The second-order valence-corrected chi connectivity index (χ2v) is 7.76. The Hall–Kier alpha value is -3.43. The van der Waals surface area contributed by atoms with E-state index in [1.165, 1.54) is 6.20 Å². The van der Waals surface area contributed by atoms with Crippen molar-refractivity contribution in [2.75, 3.05) is 31.1 Å². The molecule has 0 unspecified atom stereocenters. The fraction of sp³-hybridized carbons (Fsp3) is 0.400. The van der Waals surface area contributed by atoms with Crippen molar-refractivity contribution < 1.29 is 14.3 Å². The van der Waals surface area contributed by atoms with Crippen LogP contribution in [-0.4, -0.2) is 58.4 Å². The van der Waals surface area contributed by atoms with Crippen LogP contribution in [0.4, 0.5) is 10.1 Å². The van der Waals surface area contributed by atoms with E-state index in [4.69, 9.17) is 16.6 Å². The minimum absolute atomic E-state index is 0.0678. The highest BCUT2D eigenvalue weighted by molar-refractivity contribution is 5.99. The van der Waals surface area contributed by atoms with Gasteiger partial charge in [-0.1, -0.05) is 0 Å². The average molecular weight is 414 g/mol. The number of carbonyl (C=O) groups is 1. The highest BCUT2D eigenvalue weighted by Crippen LogP contribution is 2.38. The molecule has 1 aromatic heterocycles. The lowest BCUT2D eigenvalue weighted by molar-refractivity contribution is 0.0695. The Labute approximate surface area is 171 Å². The number of piperazine rings is 1. The third-order valence-corrected chi connectivity index (χ3v) is 5.63. The quantitative estimate of drug-likeness (QED) is 0.433. The van der Waals surface area contributed by atoms with Gasteiger partial charge in [0.25, 0.3) is 0 Å². The number of aromatic carboxylic acids is 1. The molecular formula is C20H23FN6O3. The number of pyridine rings is 1. The number of hydrogen-bond donors (Lipinski definition) is 4. The SMILES string of the molecule is N=C(N)CC(=N)N1CCN(c2cc3c(cc2F)c(=O)c(C(=O)O)cn3C2CC2)CC1. The molecule has 10 heteroatoms. The number of amidine groups is 2. The summed E-state index contributed by atoms with van der Waals surface area (Å²) >= 11 is 0. The summed E-state index contributed by atoms with van der Waals surface area (Å²) in [5.74, 6) is -1.69. The Morgan fingerprint density at radius 3 is 2.43 bits per heavy atom. The minimum atomic E-state index is -1.31. The van der Waals surface area contributed by atoms with Gasteiger partial charge in [0.2, 0.25) is 5.43 Å². The van der Waals surface area contributed by atoms with E-state index in [0.717, 1.165) is 18.9 Å². The first-order valence-electron chi connectivity index (χ1n) is 9.78. The number of anilines is 1. The molecule has 2 aromatic rings. The van der Waals surface area contributed by atoms with E-state index in [-0.39, 0.29) is 35.1 Å². The number of rotatable bonds is 5. The molecule has 30 heavy (non-hydrogen) atoms. The van der Waals surface area contributed by atoms with E-state index in [1.54, 1.807) is 10.6 Å². The molecule has 2 aliphatic rings. The van der Waals surface area contributed by atoms with Crippen molar-refractivity contribution in [3.05, 3.63) is 39.9 Å². The molecule has 9 nitrogen and oxygen atoms in total. The van der Waals surface area contributed by atoms with Crippen molar-refractivity contribution in [1.29, 1.82) is 10.8 Å². The van der Waals surface area contributed by atoms with Gasteiger partial charge in [-0.3, -0.25) is 15.6 Å². The number of halogens is 1. The van der Waals surface area contributed by atoms with Gasteiger partial charge in [-0.25, -0.2) is 9.18 Å². The molecular weight excluding hydrogens is 391 g/mol. The van der Waals surface area contributed by atoms with Gasteiger partial charge in [0.05, 0.1) is 23.5 Å². The second-order valence-electron chi connectivity index (χ2n) is 7.76. The smallest absolute Gasteiger partial charge is 0.341 e. The maximum atomic E-state index is 15.0. The van der Waals surface area contributed by atoms with Crippen LogP contribution in [0.5, 0.6) is 0 Å². The van der Waals surface area contributed by atoms with Crippen molar-refractivity contribution in [2.24, 2.45) is 5.73 Å². The van der Waals surface area contributed by atoms with Crippen molar-refractivity contribution in [1.82, 2.24) is 9.47 Å². The largest absolute Gasteiger partial charge is 0.477 e. The molecule has 0 atom stereocenters. The van der Waals surface area contributed by atoms with Crippen molar-refractivity contribution in [3.63, 3.8) is 0 Å². The number of benzene rings is 1. The maximum absolute atomic E-state index is 15.0. The maximum Gasteiger partial charge on any atom is 0.341 e. The van der Waals surface area contributed by atoms with Gasteiger partial charge in [0, 0.05) is 43.8 Å². The number of nitrogens with two attached hydrogens (primary N) is 1. The zero-order chi connectivity index (χ0) is 21.6. The minimum Gasteiger partial charge on any atom is -0.477 e. The molecule has 0 spiro atoms. The molecule has 1 saturated heterocycles. The van der Waals surface area contributed by atoms with Crippen molar-refractivity contribution in [3.8, 4) is 0 Å². The van der Waals surface area contributed by atoms with E-state index in [9.17, 15) is 19.1 Å². The van der Waals surface area contributed by atoms with Crippen LogP contribution in [0.3, 0.4) is 0 Å². The molecule has 158 valence electrons. The summed E-state index contributed by atoms with van der Waals surface area (Å²) in [5, 5.41) is 24.8. The van der Waals surface area contributed by atoms with Gasteiger partial charge in [0.15, 0.2) is 0 Å². The van der Waals surface area contributed by atoms with Gasteiger partial charge in [-0.2, -0.15) is 0 Å². The van der Waals surface area contributed by atoms with Crippen LogP contribution >= 0.6 is 0 Å². The summed E-state index contributed by atoms with van der Waals surface area (Å²) in [6, 6.07) is 2.89. The summed E-state index contributed by atoms with van der Waals surface area (Å²) < 4.78 is 16.7. The number of aromatic nitrogens is 1. The van der Waals surface area contributed by atoms with Gasteiger partial charge >= 0.3 is 5.97 Å². The van der Waals surface area contributed by atoms with Gasteiger partial charge in [0.1, 0.15) is 17.2 Å². The highest BCUT2D eigenvalue weighted by atomic mass is 19.1. The van der Waals surface area contributed by atoms with Gasteiger partial charge in [-0.15, -0.1) is 0 Å². The predicted molar refractivity (Wildman–Crippen MR) is 111 cm³/mol. The lowest BCUT2D eigenvalue weighted by Gasteiger charge is -2.37. The summed E-state index contributed by atoms with van der Waals surface area (Å²) in [4.78, 5) is 27.7. The van der Waals surface area contributed by atoms with Crippen LogP contribution in [0.1, 0.15) is 35.7 Å². The van der Waals surface area contributed by atoms with Crippen LogP contribution < -0.4 is 16.1 Å². The van der Waals surface area contributed by atoms with Gasteiger partial charge in [-0.05, 0) is 25.0 Å². The average Bonchev–Trinajstić information content (AvgIpc) is 3.53. The number of hydrogen-bond acceptors (Lipinski definition) is 5.